The second-order valence-electron chi connectivity index (χ2n) is 6.17. The Morgan fingerprint density at radius 3 is 2.43 bits per heavy atom. The number of fused-ring (bicyclic) bond motifs is 1. The fourth-order valence-corrected chi connectivity index (χ4v) is 3.91. The molecule has 0 fully saturated rings. The van der Waals surface area contributed by atoms with Crippen molar-refractivity contribution in [3.05, 3.63) is 57.3 Å². The maximum atomic E-state index is 14.1. The molecule has 3 nitrogen and oxygen atoms in total. The van der Waals surface area contributed by atoms with E-state index in [1.54, 1.807) is 0 Å². The molecule has 0 aliphatic heterocycles. The van der Waals surface area contributed by atoms with Crippen molar-refractivity contribution >= 4 is 45.8 Å². The van der Waals surface area contributed by atoms with Gasteiger partial charge < -0.3 is 5.32 Å². The number of aromatic nitrogens is 1. The number of thioether (sulfide) groups is 1. The summed E-state index contributed by atoms with van der Waals surface area (Å²) in [5, 5.41) is 3.89. The van der Waals surface area contributed by atoms with Crippen LogP contribution in [0.25, 0.3) is 0 Å². The van der Waals surface area contributed by atoms with E-state index in [1.165, 1.54) is 24.0 Å². The third kappa shape index (κ3) is 6.82. The summed E-state index contributed by atoms with van der Waals surface area (Å²) in [5.41, 5.74) is 1.80. The lowest BCUT2D eigenvalue weighted by Crippen LogP contribution is -2.24. The van der Waals surface area contributed by atoms with Gasteiger partial charge in [-0.3, -0.25) is 4.99 Å². The van der Waals surface area contributed by atoms with Gasteiger partial charge >= 0.3 is 0 Å². The lowest BCUT2D eigenvalue weighted by Gasteiger charge is -2.27. The van der Waals surface area contributed by atoms with Crippen LogP contribution >= 0.6 is 35.0 Å². The number of hydrogen-bond donors (Lipinski definition) is 1. The van der Waals surface area contributed by atoms with Crippen LogP contribution in [0.4, 0.5) is 14.5 Å². The molecule has 3 rings (SSSR count). The summed E-state index contributed by atoms with van der Waals surface area (Å²) in [6.07, 6.45) is 4.58. The fourth-order valence-electron chi connectivity index (χ4n) is 3.13. The van der Waals surface area contributed by atoms with Crippen molar-refractivity contribution in [3.63, 3.8) is 0 Å². The molecule has 0 amide bonds. The minimum atomic E-state index is -0.515. The van der Waals surface area contributed by atoms with E-state index >= 15 is 0 Å². The van der Waals surface area contributed by atoms with Crippen LogP contribution in [0.5, 0.6) is 0 Å². The highest BCUT2D eigenvalue weighted by molar-refractivity contribution is 8.13. The van der Waals surface area contributed by atoms with Gasteiger partial charge in [0.15, 0.2) is 5.17 Å². The molecule has 8 heteroatoms. The minimum Gasteiger partial charge on any atom is -0.333 e. The normalized spacial score (nSPS) is 17.7. The summed E-state index contributed by atoms with van der Waals surface area (Å²) in [4.78, 5) is 8.41. The van der Waals surface area contributed by atoms with Crippen molar-refractivity contribution < 1.29 is 8.78 Å². The standard InChI is InChI=1S/C18H17Cl2F2N3S.2C2H6/c1-9-5-10(6-12-11(9)3-4-23-17(12)22)24-18(26-2)25-16-8-14(20)13(19)7-15(16)21;2*1-2/h3-4,7-10H,5-6H2,1-2H3,(H,24,25);2*1-2H3. The van der Waals surface area contributed by atoms with Crippen LogP contribution in [-0.2, 0) is 6.42 Å². The Kier molecular flexibility index (Phi) is 11.7. The summed E-state index contributed by atoms with van der Waals surface area (Å²) in [6.45, 7) is 10.0. The number of benzene rings is 1. The van der Waals surface area contributed by atoms with Crippen LogP contribution in [0.2, 0.25) is 10.0 Å². The van der Waals surface area contributed by atoms with E-state index in [2.05, 4.69) is 15.3 Å². The third-order valence-electron chi connectivity index (χ3n) is 4.38. The monoisotopic (exact) mass is 475 g/mol. The van der Waals surface area contributed by atoms with Gasteiger partial charge in [-0.15, -0.1) is 0 Å². The van der Waals surface area contributed by atoms with E-state index < -0.39 is 11.8 Å². The van der Waals surface area contributed by atoms with Crippen LogP contribution in [0, 0.1) is 11.8 Å². The van der Waals surface area contributed by atoms with Crippen molar-refractivity contribution in [1.82, 2.24) is 4.98 Å². The zero-order valence-electron chi connectivity index (χ0n) is 18.2. The molecule has 0 spiro atoms. The number of hydrogen-bond acceptors (Lipinski definition) is 3. The van der Waals surface area contributed by atoms with Gasteiger partial charge in [0, 0.05) is 11.8 Å². The van der Waals surface area contributed by atoms with Crippen molar-refractivity contribution in [3.8, 4) is 0 Å². The highest BCUT2D eigenvalue weighted by Crippen LogP contribution is 2.34. The van der Waals surface area contributed by atoms with Crippen molar-refractivity contribution in [2.45, 2.75) is 59.4 Å². The predicted octanol–water partition coefficient (Wildman–Crippen LogP) is 7.97. The lowest BCUT2D eigenvalue weighted by atomic mass is 9.82. The smallest absolute Gasteiger partial charge is 0.216 e. The quantitative estimate of drug-likeness (QED) is 0.207. The first-order valence-corrected chi connectivity index (χ1v) is 12.0. The number of pyridine rings is 1. The topological polar surface area (TPSA) is 37.3 Å². The van der Waals surface area contributed by atoms with Crippen molar-refractivity contribution in [2.75, 3.05) is 11.6 Å². The van der Waals surface area contributed by atoms with E-state index in [0.29, 0.717) is 17.2 Å². The third-order valence-corrected chi connectivity index (χ3v) is 5.70. The number of anilines is 1. The number of rotatable bonds is 2. The molecule has 0 bridgehead atoms. The second kappa shape index (κ2) is 13.1. The van der Waals surface area contributed by atoms with Crippen LogP contribution < -0.4 is 5.32 Å². The summed E-state index contributed by atoms with van der Waals surface area (Å²) < 4.78 is 28.2. The molecule has 1 aliphatic carbocycles. The van der Waals surface area contributed by atoms with Crippen LogP contribution in [-0.4, -0.2) is 22.4 Å². The van der Waals surface area contributed by atoms with Gasteiger partial charge in [0.05, 0.1) is 21.8 Å². The Bertz CT molecular complexity index is 863. The Morgan fingerprint density at radius 1 is 1.17 bits per heavy atom. The SMILES string of the molecule is CC.CC.CSC(=NC1Cc2c(ccnc2F)C(C)C1)Nc1cc(Cl)c(Cl)cc1F. The molecule has 1 aliphatic rings. The minimum absolute atomic E-state index is 0.114. The fraction of sp³-hybridized carbons (Fsp3) is 0.455. The largest absolute Gasteiger partial charge is 0.333 e. The average molecular weight is 476 g/mol. The molecule has 30 heavy (non-hydrogen) atoms. The molecule has 0 saturated heterocycles. The van der Waals surface area contributed by atoms with Gasteiger partial charge in [0.2, 0.25) is 5.95 Å². The Labute approximate surface area is 192 Å². The first-order chi connectivity index (χ1) is 14.4. The zero-order chi connectivity index (χ0) is 22.8. The molecule has 166 valence electrons. The number of halogens is 4. The van der Waals surface area contributed by atoms with Crippen LogP contribution in [0.15, 0.2) is 29.4 Å². The van der Waals surface area contributed by atoms with E-state index in [-0.39, 0.29) is 27.7 Å². The predicted molar refractivity (Wildman–Crippen MR) is 128 cm³/mol. The maximum absolute atomic E-state index is 14.1. The Morgan fingerprint density at radius 2 is 1.80 bits per heavy atom. The first kappa shape index (κ1) is 26.7. The highest BCUT2D eigenvalue weighted by atomic mass is 35.5. The molecular formula is C22H29Cl2F2N3S. The summed E-state index contributed by atoms with van der Waals surface area (Å²) in [6, 6.07) is 4.33. The van der Waals surface area contributed by atoms with Gasteiger partial charge in [-0.25, -0.2) is 9.37 Å². The number of amidine groups is 1. The molecule has 0 radical (unpaired) electrons. The average Bonchev–Trinajstić information content (AvgIpc) is 2.75. The van der Waals surface area contributed by atoms with Crippen LogP contribution in [0.1, 0.15) is 58.1 Å². The highest BCUT2D eigenvalue weighted by Gasteiger charge is 2.27. The Balaban J connectivity index is 0.00000106. The van der Waals surface area contributed by atoms with Crippen LogP contribution in [0.3, 0.4) is 0 Å². The van der Waals surface area contributed by atoms with Gasteiger partial charge in [-0.2, -0.15) is 4.39 Å². The molecule has 2 unspecified atom stereocenters. The van der Waals surface area contributed by atoms with Gasteiger partial charge in [-0.05, 0) is 48.8 Å². The Hall–Kier alpha value is -1.37. The number of nitrogens with zero attached hydrogens (tertiary/aromatic N) is 2. The molecule has 2 atom stereocenters. The van der Waals surface area contributed by atoms with E-state index in [9.17, 15) is 8.78 Å². The van der Waals surface area contributed by atoms with Gasteiger partial charge in [0.25, 0.3) is 0 Å². The molecule has 1 heterocycles. The number of nitrogens with one attached hydrogen (secondary N) is 1. The number of aliphatic imine (C=N–C) groups is 1. The lowest BCUT2D eigenvalue weighted by molar-refractivity contribution is 0.478. The molecule has 1 N–H and O–H groups in total. The first-order valence-electron chi connectivity index (χ1n) is 10.1. The second-order valence-corrected chi connectivity index (χ2v) is 7.78. The van der Waals surface area contributed by atoms with Crippen molar-refractivity contribution in [2.24, 2.45) is 4.99 Å². The maximum Gasteiger partial charge on any atom is 0.216 e. The van der Waals surface area contributed by atoms with E-state index in [4.69, 9.17) is 23.2 Å². The molecule has 2 aromatic rings. The molecule has 0 saturated carbocycles. The molecular weight excluding hydrogens is 447 g/mol. The summed E-state index contributed by atoms with van der Waals surface area (Å²) in [5.74, 6) is -0.781. The van der Waals surface area contributed by atoms with Gasteiger partial charge in [0.1, 0.15) is 5.82 Å². The molecule has 1 aromatic carbocycles. The van der Waals surface area contributed by atoms with Gasteiger partial charge in [-0.1, -0.05) is 69.6 Å². The summed E-state index contributed by atoms with van der Waals surface area (Å²) >= 11 is 13.1. The van der Waals surface area contributed by atoms with E-state index in [1.807, 2.05) is 46.9 Å². The molecule has 1 aromatic heterocycles. The summed E-state index contributed by atoms with van der Waals surface area (Å²) in [7, 11) is 0. The zero-order valence-corrected chi connectivity index (χ0v) is 20.5. The van der Waals surface area contributed by atoms with Crippen molar-refractivity contribution in [1.29, 1.82) is 0 Å². The van der Waals surface area contributed by atoms with E-state index in [0.717, 1.165) is 18.1 Å².